The highest BCUT2D eigenvalue weighted by Crippen LogP contribution is 2.23. The van der Waals surface area contributed by atoms with Gasteiger partial charge in [-0.1, -0.05) is 30.3 Å². The molecule has 0 bridgehead atoms. The zero-order chi connectivity index (χ0) is 15.6. The molecule has 0 unspecified atom stereocenters. The molecule has 0 radical (unpaired) electrons. The number of carboxylic acid groups (broad SMARTS) is 1. The lowest BCUT2D eigenvalue weighted by atomic mass is 9.88. The van der Waals surface area contributed by atoms with Crippen molar-refractivity contribution in [3.05, 3.63) is 48.2 Å². The molecule has 2 aromatic rings. The third-order valence-corrected chi connectivity index (χ3v) is 3.68. The lowest BCUT2D eigenvalue weighted by molar-refractivity contribution is -0.139. The van der Waals surface area contributed by atoms with Crippen molar-refractivity contribution in [2.24, 2.45) is 0 Å². The number of carbonyl (C=O) groups excluding carboxylic acids is 1. The van der Waals surface area contributed by atoms with Gasteiger partial charge < -0.3 is 20.2 Å². The van der Waals surface area contributed by atoms with Gasteiger partial charge in [0, 0.05) is 18.7 Å². The molecule has 3 rings (SSSR count). The summed E-state index contributed by atoms with van der Waals surface area (Å²) in [5.41, 5.74) is 0.148. The average Bonchev–Trinajstić information content (AvgIpc) is 2.95. The van der Waals surface area contributed by atoms with E-state index in [0.29, 0.717) is 18.8 Å². The molecule has 1 aliphatic heterocycles. The van der Waals surface area contributed by atoms with Crippen LogP contribution in [0.2, 0.25) is 0 Å². The van der Waals surface area contributed by atoms with E-state index in [1.807, 2.05) is 30.3 Å². The fourth-order valence-electron chi connectivity index (χ4n) is 2.49. The van der Waals surface area contributed by atoms with E-state index >= 15 is 0 Å². The van der Waals surface area contributed by atoms with Gasteiger partial charge in [0.25, 0.3) is 5.91 Å². The molecule has 1 amide bonds. The predicted molar refractivity (Wildman–Crippen MR) is 79.5 cm³/mol. The molecule has 1 saturated heterocycles. The Bertz CT molecular complexity index is 689. The summed E-state index contributed by atoms with van der Waals surface area (Å²) in [6.45, 7) is 0.884. The SMILES string of the molecule is O=C(O)CC1(NC(=O)c2ccc(-c3ccccc3)o2)CNC1. The molecule has 2 heterocycles. The minimum absolute atomic E-state index is 0.113. The number of benzene rings is 1. The van der Waals surface area contributed by atoms with Crippen molar-refractivity contribution < 1.29 is 19.1 Å². The van der Waals surface area contributed by atoms with Gasteiger partial charge >= 0.3 is 5.97 Å². The molecule has 0 aliphatic carbocycles. The van der Waals surface area contributed by atoms with Gasteiger partial charge in [-0.05, 0) is 12.1 Å². The smallest absolute Gasteiger partial charge is 0.305 e. The normalized spacial score (nSPS) is 15.8. The van der Waals surface area contributed by atoms with E-state index in [2.05, 4.69) is 10.6 Å². The number of hydrogen-bond donors (Lipinski definition) is 3. The number of carbonyl (C=O) groups is 2. The Balaban J connectivity index is 1.73. The number of carboxylic acids is 1. The Labute approximate surface area is 127 Å². The van der Waals surface area contributed by atoms with Crippen LogP contribution in [0.3, 0.4) is 0 Å². The van der Waals surface area contributed by atoms with Crippen LogP contribution in [0.15, 0.2) is 46.9 Å². The molecule has 6 heteroatoms. The minimum Gasteiger partial charge on any atom is -0.481 e. The molecular formula is C16H16N2O4. The van der Waals surface area contributed by atoms with Crippen LogP contribution in [0, 0.1) is 0 Å². The van der Waals surface area contributed by atoms with Crippen LogP contribution in [-0.4, -0.2) is 35.6 Å². The Hall–Kier alpha value is -2.60. The van der Waals surface area contributed by atoms with Crippen LogP contribution >= 0.6 is 0 Å². The van der Waals surface area contributed by atoms with Crippen molar-refractivity contribution in [3.8, 4) is 11.3 Å². The fraction of sp³-hybridized carbons (Fsp3) is 0.250. The minimum atomic E-state index is -0.939. The zero-order valence-corrected chi connectivity index (χ0v) is 11.8. The molecule has 1 aliphatic rings. The highest BCUT2D eigenvalue weighted by atomic mass is 16.4. The van der Waals surface area contributed by atoms with Crippen LogP contribution < -0.4 is 10.6 Å². The summed E-state index contributed by atoms with van der Waals surface area (Å²) in [5.74, 6) is -0.559. The Morgan fingerprint density at radius 3 is 2.50 bits per heavy atom. The van der Waals surface area contributed by atoms with E-state index in [9.17, 15) is 9.59 Å². The first kappa shape index (κ1) is 14.3. The molecule has 3 N–H and O–H groups in total. The molecule has 6 nitrogen and oxygen atoms in total. The van der Waals surface area contributed by atoms with E-state index in [-0.39, 0.29) is 12.2 Å². The molecule has 1 aromatic carbocycles. The van der Waals surface area contributed by atoms with Gasteiger partial charge in [-0.3, -0.25) is 9.59 Å². The summed E-state index contributed by atoms with van der Waals surface area (Å²) in [7, 11) is 0. The highest BCUT2D eigenvalue weighted by Gasteiger charge is 2.41. The van der Waals surface area contributed by atoms with Gasteiger partial charge in [0.15, 0.2) is 5.76 Å². The quantitative estimate of drug-likeness (QED) is 0.778. The second kappa shape index (κ2) is 5.65. The van der Waals surface area contributed by atoms with Crippen LogP contribution in [0.25, 0.3) is 11.3 Å². The molecule has 1 aromatic heterocycles. The summed E-state index contributed by atoms with van der Waals surface area (Å²) in [6.07, 6.45) is -0.113. The number of nitrogens with one attached hydrogen (secondary N) is 2. The topological polar surface area (TPSA) is 91.6 Å². The van der Waals surface area contributed by atoms with Crippen molar-refractivity contribution in [2.75, 3.05) is 13.1 Å². The lowest BCUT2D eigenvalue weighted by Crippen LogP contribution is -2.69. The van der Waals surface area contributed by atoms with Crippen LogP contribution in [0.1, 0.15) is 17.0 Å². The molecule has 22 heavy (non-hydrogen) atoms. The largest absolute Gasteiger partial charge is 0.481 e. The number of rotatable bonds is 5. The molecule has 114 valence electrons. The molecule has 0 saturated carbocycles. The Kier molecular flexibility index (Phi) is 3.68. The molecule has 0 spiro atoms. The van der Waals surface area contributed by atoms with E-state index < -0.39 is 17.4 Å². The van der Waals surface area contributed by atoms with Gasteiger partial charge in [0.05, 0.1) is 12.0 Å². The maximum absolute atomic E-state index is 12.3. The monoisotopic (exact) mass is 300 g/mol. The zero-order valence-electron chi connectivity index (χ0n) is 11.8. The van der Waals surface area contributed by atoms with Gasteiger partial charge in [0.2, 0.25) is 0 Å². The average molecular weight is 300 g/mol. The van der Waals surface area contributed by atoms with Crippen molar-refractivity contribution >= 4 is 11.9 Å². The van der Waals surface area contributed by atoms with Crippen molar-refractivity contribution in [1.82, 2.24) is 10.6 Å². The van der Waals surface area contributed by atoms with E-state index in [0.717, 1.165) is 5.56 Å². The fourth-order valence-corrected chi connectivity index (χ4v) is 2.49. The van der Waals surface area contributed by atoms with E-state index in [1.165, 1.54) is 0 Å². The predicted octanol–water partition coefficient (Wildman–Crippen LogP) is 1.49. The van der Waals surface area contributed by atoms with Crippen LogP contribution in [-0.2, 0) is 4.79 Å². The Morgan fingerprint density at radius 2 is 1.91 bits per heavy atom. The summed E-state index contributed by atoms with van der Waals surface area (Å²) in [5, 5.41) is 14.7. The van der Waals surface area contributed by atoms with Crippen molar-refractivity contribution in [2.45, 2.75) is 12.0 Å². The van der Waals surface area contributed by atoms with Crippen molar-refractivity contribution in [3.63, 3.8) is 0 Å². The number of hydrogen-bond acceptors (Lipinski definition) is 4. The highest BCUT2D eigenvalue weighted by molar-refractivity contribution is 5.93. The van der Waals surface area contributed by atoms with Gasteiger partial charge in [-0.15, -0.1) is 0 Å². The number of amides is 1. The van der Waals surface area contributed by atoms with Gasteiger partial charge in [0.1, 0.15) is 5.76 Å². The van der Waals surface area contributed by atoms with Gasteiger partial charge in [-0.2, -0.15) is 0 Å². The van der Waals surface area contributed by atoms with E-state index in [4.69, 9.17) is 9.52 Å². The first-order valence-electron chi connectivity index (χ1n) is 6.98. The van der Waals surface area contributed by atoms with E-state index in [1.54, 1.807) is 12.1 Å². The summed E-state index contributed by atoms with van der Waals surface area (Å²) in [6, 6.07) is 12.8. The third-order valence-electron chi connectivity index (χ3n) is 3.68. The number of furan rings is 1. The number of aliphatic carboxylic acids is 1. The van der Waals surface area contributed by atoms with Crippen LogP contribution in [0.5, 0.6) is 0 Å². The second-order valence-corrected chi connectivity index (χ2v) is 5.44. The molecular weight excluding hydrogens is 284 g/mol. The Morgan fingerprint density at radius 1 is 1.18 bits per heavy atom. The summed E-state index contributed by atoms with van der Waals surface area (Å²) < 4.78 is 5.57. The standard InChI is InChI=1S/C16H16N2O4/c19-14(20)8-16(9-17-10-16)18-15(21)13-7-6-12(22-13)11-4-2-1-3-5-11/h1-7,17H,8-10H2,(H,18,21)(H,19,20). The maximum atomic E-state index is 12.3. The molecule has 1 fully saturated rings. The summed E-state index contributed by atoms with van der Waals surface area (Å²) >= 11 is 0. The summed E-state index contributed by atoms with van der Waals surface area (Å²) in [4.78, 5) is 23.2. The first-order valence-corrected chi connectivity index (χ1v) is 6.98. The van der Waals surface area contributed by atoms with Crippen molar-refractivity contribution in [1.29, 1.82) is 0 Å². The van der Waals surface area contributed by atoms with Crippen LogP contribution in [0.4, 0.5) is 0 Å². The lowest BCUT2D eigenvalue weighted by Gasteiger charge is -2.41. The third kappa shape index (κ3) is 2.87. The first-order chi connectivity index (χ1) is 10.6. The molecule has 0 atom stereocenters. The van der Waals surface area contributed by atoms with Gasteiger partial charge in [-0.25, -0.2) is 0 Å². The maximum Gasteiger partial charge on any atom is 0.305 e. The second-order valence-electron chi connectivity index (χ2n) is 5.44.